The van der Waals surface area contributed by atoms with Crippen molar-refractivity contribution < 1.29 is 19.4 Å². The largest absolute Gasteiger partial charge is 0.481 e. The van der Waals surface area contributed by atoms with Gasteiger partial charge < -0.3 is 14.7 Å². The van der Waals surface area contributed by atoms with Gasteiger partial charge in [0.05, 0.1) is 19.3 Å². The molecule has 2 saturated heterocycles. The van der Waals surface area contributed by atoms with E-state index in [1.165, 1.54) is 0 Å². The number of piperidine rings is 1. The Hall–Kier alpha value is -1.14. The summed E-state index contributed by atoms with van der Waals surface area (Å²) in [6.07, 6.45) is 4.02. The molecule has 0 saturated carbocycles. The number of aliphatic carboxylic acids is 1. The molecule has 2 aliphatic rings. The number of carbonyl (C=O) groups excluding carboxylic acids is 1. The van der Waals surface area contributed by atoms with Gasteiger partial charge in [-0.05, 0) is 32.7 Å². The highest BCUT2D eigenvalue weighted by atomic mass is 16.5. The molecule has 2 heterocycles. The van der Waals surface area contributed by atoms with Crippen LogP contribution in [0.4, 0.5) is 0 Å². The standard InChI is InChI=1S/C15H26N2O4/c1-12(15(20)16-8-10-21-11-9-16)17-7-3-2-4-13(17)5-6-14(18)19/h12-13H,2-11H2,1H3,(H,18,19). The SMILES string of the molecule is CC(C(=O)N1CCOCC1)N1CCCCC1CCC(=O)O. The highest BCUT2D eigenvalue weighted by Gasteiger charge is 2.33. The van der Waals surface area contributed by atoms with Crippen LogP contribution in [0.15, 0.2) is 0 Å². The van der Waals surface area contributed by atoms with Gasteiger partial charge in [0.2, 0.25) is 5.91 Å². The Balaban J connectivity index is 1.94. The summed E-state index contributed by atoms with van der Waals surface area (Å²) in [4.78, 5) is 27.5. The van der Waals surface area contributed by atoms with E-state index >= 15 is 0 Å². The topological polar surface area (TPSA) is 70.1 Å². The molecule has 6 nitrogen and oxygen atoms in total. The number of carboxylic acid groups (broad SMARTS) is 1. The molecule has 1 amide bonds. The number of likely N-dealkylation sites (tertiary alicyclic amines) is 1. The van der Waals surface area contributed by atoms with E-state index in [9.17, 15) is 9.59 Å². The molecule has 0 aromatic rings. The third-order valence-corrected chi connectivity index (χ3v) is 4.54. The Bertz CT molecular complexity index is 369. The smallest absolute Gasteiger partial charge is 0.303 e. The van der Waals surface area contributed by atoms with Crippen molar-refractivity contribution >= 4 is 11.9 Å². The van der Waals surface area contributed by atoms with Crippen LogP contribution in [0.5, 0.6) is 0 Å². The molecule has 2 rings (SSSR count). The first-order valence-corrected chi connectivity index (χ1v) is 7.93. The zero-order valence-electron chi connectivity index (χ0n) is 12.8. The zero-order chi connectivity index (χ0) is 15.2. The Labute approximate surface area is 126 Å². The lowest BCUT2D eigenvalue weighted by atomic mass is 9.96. The molecule has 0 aromatic carbocycles. The molecule has 2 unspecified atom stereocenters. The number of hydrogen-bond donors (Lipinski definition) is 1. The van der Waals surface area contributed by atoms with Crippen LogP contribution >= 0.6 is 0 Å². The lowest BCUT2D eigenvalue weighted by molar-refractivity contribution is -0.142. The van der Waals surface area contributed by atoms with E-state index in [2.05, 4.69) is 4.90 Å². The van der Waals surface area contributed by atoms with Crippen molar-refractivity contribution in [2.45, 2.75) is 51.1 Å². The van der Waals surface area contributed by atoms with Gasteiger partial charge in [0.1, 0.15) is 0 Å². The fourth-order valence-corrected chi connectivity index (χ4v) is 3.32. The van der Waals surface area contributed by atoms with Gasteiger partial charge in [0.15, 0.2) is 0 Å². The average molecular weight is 298 g/mol. The Morgan fingerprint density at radius 2 is 1.95 bits per heavy atom. The molecule has 0 bridgehead atoms. The van der Waals surface area contributed by atoms with Crippen molar-refractivity contribution in [2.24, 2.45) is 0 Å². The van der Waals surface area contributed by atoms with Crippen LogP contribution in [0, 0.1) is 0 Å². The van der Waals surface area contributed by atoms with E-state index in [-0.39, 0.29) is 24.4 Å². The summed E-state index contributed by atoms with van der Waals surface area (Å²) in [5, 5.41) is 8.87. The second kappa shape index (κ2) is 7.75. The highest BCUT2D eigenvalue weighted by Crippen LogP contribution is 2.24. The van der Waals surface area contributed by atoms with Crippen LogP contribution in [-0.2, 0) is 14.3 Å². The van der Waals surface area contributed by atoms with E-state index in [0.717, 1.165) is 25.8 Å². The van der Waals surface area contributed by atoms with Gasteiger partial charge in [-0.2, -0.15) is 0 Å². The van der Waals surface area contributed by atoms with Crippen LogP contribution in [0.1, 0.15) is 39.0 Å². The number of morpholine rings is 1. The van der Waals surface area contributed by atoms with Crippen LogP contribution < -0.4 is 0 Å². The predicted octanol–water partition coefficient (Wildman–Crippen LogP) is 0.953. The third kappa shape index (κ3) is 4.41. The van der Waals surface area contributed by atoms with Crippen molar-refractivity contribution in [3.63, 3.8) is 0 Å². The highest BCUT2D eigenvalue weighted by molar-refractivity contribution is 5.81. The van der Waals surface area contributed by atoms with Gasteiger partial charge >= 0.3 is 5.97 Å². The summed E-state index contributed by atoms with van der Waals surface area (Å²) < 4.78 is 5.29. The maximum absolute atomic E-state index is 12.6. The number of ether oxygens (including phenoxy) is 1. The van der Waals surface area contributed by atoms with Crippen LogP contribution in [0.25, 0.3) is 0 Å². The molecular formula is C15H26N2O4. The van der Waals surface area contributed by atoms with Crippen molar-refractivity contribution in [1.29, 1.82) is 0 Å². The molecule has 120 valence electrons. The van der Waals surface area contributed by atoms with Gasteiger partial charge in [0, 0.05) is 25.6 Å². The monoisotopic (exact) mass is 298 g/mol. The minimum Gasteiger partial charge on any atom is -0.481 e. The first-order chi connectivity index (χ1) is 10.1. The Morgan fingerprint density at radius 1 is 1.24 bits per heavy atom. The lowest BCUT2D eigenvalue weighted by Crippen LogP contribution is -2.54. The van der Waals surface area contributed by atoms with Gasteiger partial charge in [-0.15, -0.1) is 0 Å². The van der Waals surface area contributed by atoms with E-state index in [1.54, 1.807) is 0 Å². The predicted molar refractivity (Wildman–Crippen MR) is 78.1 cm³/mol. The van der Waals surface area contributed by atoms with E-state index in [0.29, 0.717) is 32.7 Å². The molecule has 2 atom stereocenters. The first-order valence-electron chi connectivity index (χ1n) is 7.93. The molecular weight excluding hydrogens is 272 g/mol. The molecule has 0 radical (unpaired) electrons. The van der Waals surface area contributed by atoms with Crippen molar-refractivity contribution in [1.82, 2.24) is 9.80 Å². The second-order valence-electron chi connectivity index (χ2n) is 5.93. The summed E-state index contributed by atoms with van der Waals surface area (Å²) in [5.41, 5.74) is 0. The first kappa shape index (κ1) is 16.2. The number of amides is 1. The van der Waals surface area contributed by atoms with Gasteiger partial charge in [-0.1, -0.05) is 6.42 Å². The summed E-state index contributed by atoms with van der Waals surface area (Å²) >= 11 is 0. The molecule has 0 spiro atoms. The Kier molecular flexibility index (Phi) is 5.99. The number of nitrogens with zero attached hydrogens (tertiary/aromatic N) is 2. The second-order valence-corrected chi connectivity index (χ2v) is 5.93. The van der Waals surface area contributed by atoms with Crippen molar-refractivity contribution in [3.05, 3.63) is 0 Å². The number of carboxylic acids is 1. The zero-order valence-corrected chi connectivity index (χ0v) is 12.8. The molecule has 0 aliphatic carbocycles. The molecule has 21 heavy (non-hydrogen) atoms. The number of rotatable bonds is 5. The maximum Gasteiger partial charge on any atom is 0.303 e. The normalized spacial score (nSPS) is 25.6. The van der Waals surface area contributed by atoms with Crippen molar-refractivity contribution in [2.75, 3.05) is 32.8 Å². The summed E-state index contributed by atoms with van der Waals surface area (Å²) in [7, 11) is 0. The minimum absolute atomic E-state index is 0.153. The van der Waals surface area contributed by atoms with E-state index in [4.69, 9.17) is 9.84 Å². The van der Waals surface area contributed by atoms with Gasteiger partial charge in [0.25, 0.3) is 0 Å². The van der Waals surface area contributed by atoms with Crippen LogP contribution in [-0.4, -0.2) is 71.7 Å². The summed E-state index contributed by atoms with van der Waals surface area (Å²) in [6, 6.07) is 0.0528. The molecule has 2 fully saturated rings. The van der Waals surface area contributed by atoms with Crippen LogP contribution in [0.3, 0.4) is 0 Å². The van der Waals surface area contributed by atoms with E-state index < -0.39 is 5.97 Å². The summed E-state index contributed by atoms with van der Waals surface area (Å²) in [5.74, 6) is -0.604. The Morgan fingerprint density at radius 3 is 2.62 bits per heavy atom. The quantitative estimate of drug-likeness (QED) is 0.818. The van der Waals surface area contributed by atoms with Crippen molar-refractivity contribution in [3.8, 4) is 0 Å². The molecule has 0 aromatic heterocycles. The number of hydrogen-bond acceptors (Lipinski definition) is 4. The van der Waals surface area contributed by atoms with E-state index in [1.807, 2.05) is 11.8 Å². The maximum atomic E-state index is 12.6. The fraction of sp³-hybridized carbons (Fsp3) is 0.867. The molecule has 1 N–H and O–H groups in total. The minimum atomic E-state index is -0.757. The lowest BCUT2D eigenvalue weighted by Gasteiger charge is -2.41. The molecule has 2 aliphatic heterocycles. The third-order valence-electron chi connectivity index (χ3n) is 4.54. The fourth-order valence-electron chi connectivity index (χ4n) is 3.32. The van der Waals surface area contributed by atoms with Gasteiger partial charge in [-0.3, -0.25) is 14.5 Å². The average Bonchev–Trinajstić information content (AvgIpc) is 2.52. The number of carbonyl (C=O) groups is 2. The van der Waals surface area contributed by atoms with Gasteiger partial charge in [-0.25, -0.2) is 0 Å². The summed E-state index contributed by atoms with van der Waals surface area (Å²) in [6.45, 7) is 5.40. The van der Waals surface area contributed by atoms with Crippen LogP contribution in [0.2, 0.25) is 0 Å². The molecule has 6 heteroatoms.